The number of hydrogen-bond donors (Lipinski definition) is 2. The molecule has 2 N–H and O–H groups in total. The quantitative estimate of drug-likeness (QED) is 0.854. The van der Waals surface area contributed by atoms with Crippen molar-refractivity contribution in [3.05, 3.63) is 11.6 Å². The third-order valence-corrected chi connectivity index (χ3v) is 5.44. The molecular weight excluding hydrogens is 268 g/mol. The van der Waals surface area contributed by atoms with E-state index in [4.69, 9.17) is 0 Å². The number of aromatic amines is 1. The fourth-order valence-corrected chi connectivity index (χ4v) is 4.30. The van der Waals surface area contributed by atoms with E-state index in [1.165, 1.54) is 11.5 Å². The summed E-state index contributed by atoms with van der Waals surface area (Å²) in [5.74, 6) is 4.37. The highest BCUT2D eigenvalue weighted by Gasteiger charge is 2.17. The number of aryl methyl sites for hydroxylation is 1. The number of amides is 1. The summed E-state index contributed by atoms with van der Waals surface area (Å²) in [7, 11) is 0. The number of thioether (sulfide) groups is 2. The van der Waals surface area contributed by atoms with Crippen molar-refractivity contribution in [2.75, 3.05) is 23.8 Å². The normalized spacial score (nSPS) is 19.7. The van der Waals surface area contributed by atoms with Gasteiger partial charge in [-0.15, -0.1) is 5.10 Å². The smallest absolute Gasteiger partial charge is 0.290 e. The van der Waals surface area contributed by atoms with E-state index in [-0.39, 0.29) is 11.7 Å². The molecule has 2 rings (SSSR count). The lowest BCUT2D eigenvalue weighted by Crippen LogP contribution is -2.34. The predicted molar refractivity (Wildman–Crippen MR) is 76.3 cm³/mol. The molecule has 18 heavy (non-hydrogen) atoms. The molecule has 0 bridgehead atoms. The van der Waals surface area contributed by atoms with Crippen LogP contribution in [0.25, 0.3) is 0 Å². The zero-order valence-corrected chi connectivity index (χ0v) is 12.1. The average molecular weight is 286 g/mol. The molecule has 1 saturated heterocycles. The van der Waals surface area contributed by atoms with Crippen LogP contribution in [0, 0.1) is 0 Å². The Morgan fingerprint density at radius 1 is 1.56 bits per heavy atom. The molecule has 1 aliphatic rings. The first-order valence-corrected chi connectivity index (χ1v) is 8.38. The second-order valence-corrected chi connectivity index (χ2v) is 6.69. The maximum absolute atomic E-state index is 11.8. The highest BCUT2D eigenvalue weighted by atomic mass is 32.2. The van der Waals surface area contributed by atoms with Crippen LogP contribution in [0.3, 0.4) is 0 Å². The second-order valence-electron chi connectivity index (χ2n) is 4.13. The summed E-state index contributed by atoms with van der Waals surface area (Å²) in [5, 5.41) is 10.2. The molecular formula is C11H18N4OS2. The molecule has 2 heterocycles. The number of carbonyl (C=O) groups is 1. The summed E-state index contributed by atoms with van der Waals surface area (Å²) >= 11 is 3.88. The van der Waals surface area contributed by atoms with E-state index in [0.29, 0.717) is 11.8 Å². The van der Waals surface area contributed by atoms with Crippen LogP contribution in [0.5, 0.6) is 0 Å². The summed E-state index contributed by atoms with van der Waals surface area (Å²) < 4.78 is 0. The summed E-state index contributed by atoms with van der Waals surface area (Å²) in [6.45, 7) is 2.77. The maximum Gasteiger partial charge on any atom is 0.290 e. The van der Waals surface area contributed by atoms with Crippen molar-refractivity contribution in [2.24, 2.45) is 0 Å². The SMILES string of the molecule is CCCc1nc(C(=O)NCC2CSCCS2)n[nH]1. The van der Waals surface area contributed by atoms with Gasteiger partial charge in [-0.1, -0.05) is 6.92 Å². The average Bonchev–Trinajstić information content (AvgIpc) is 2.86. The third-order valence-electron chi connectivity index (χ3n) is 2.60. The van der Waals surface area contributed by atoms with Crippen molar-refractivity contribution < 1.29 is 4.79 Å². The van der Waals surface area contributed by atoms with Crippen molar-refractivity contribution in [3.8, 4) is 0 Å². The number of carbonyl (C=O) groups excluding carboxylic acids is 1. The van der Waals surface area contributed by atoms with E-state index in [9.17, 15) is 4.79 Å². The summed E-state index contributed by atoms with van der Waals surface area (Å²) in [4.78, 5) is 16.0. The van der Waals surface area contributed by atoms with Gasteiger partial charge in [0.1, 0.15) is 5.82 Å². The molecule has 1 amide bonds. The van der Waals surface area contributed by atoms with Gasteiger partial charge in [-0.25, -0.2) is 4.98 Å². The Kier molecular flexibility index (Phi) is 5.37. The molecule has 0 saturated carbocycles. The van der Waals surface area contributed by atoms with Gasteiger partial charge in [-0.3, -0.25) is 9.89 Å². The Balaban J connectivity index is 1.79. The largest absolute Gasteiger partial charge is 0.348 e. The van der Waals surface area contributed by atoms with Gasteiger partial charge in [0.15, 0.2) is 0 Å². The lowest BCUT2D eigenvalue weighted by atomic mass is 10.3. The molecule has 0 aromatic carbocycles. The molecule has 1 fully saturated rings. The first kappa shape index (κ1) is 13.7. The van der Waals surface area contributed by atoms with E-state index in [2.05, 4.69) is 27.4 Å². The molecule has 1 aromatic heterocycles. The molecule has 0 spiro atoms. The highest BCUT2D eigenvalue weighted by Crippen LogP contribution is 2.23. The molecule has 100 valence electrons. The Labute approximate surface area is 115 Å². The van der Waals surface area contributed by atoms with Gasteiger partial charge in [0.25, 0.3) is 5.91 Å². The van der Waals surface area contributed by atoms with Crippen LogP contribution < -0.4 is 5.32 Å². The van der Waals surface area contributed by atoms with Crippen LogP contribution in [0.1, 0.15) is 29.8 Å². The number of aromatic nitrogens is 3. The molecule has 1 aliphatic heterocycles. The number of H-pyrrole nitrogens is 1. The molecule has 0 radical (unpaired) electrons. The van der Waals surface area contributed by atoms with Crippen molar-refractivity contribution >= 4 is 29.4 Å². The topological polar surface area (TPSA) is 70.7 Å². The van der Waals surface area contributed by atoms with Gasteiger partial charge in [0, 0.05) is 35.5 Å². The van der Waals surface area contributed by atoms with Crippen LogP contribution in [0.2, 0.25) is 0 Å². The van der Waals surface area contributed by atoms with Crippen LogP contribution in [0.4, 0.5) is 0 Å². The van der Waals surface area contributed by atoms with E-state index < -0.39 is 0 Å². The second kappa shape index (κ2) is 7.04. The van der Waals surface area contributed by atoms with Crippen LogP contribution in [0.15, 0.2) is 0 Å². The minimum atomic E-state index is -0.176. The fourth-order valence-electron chi connectivity index (χ4n) is 1.69. The lowest BCUT2D eigenvalue weighted by Gasteiger charge is -2.20. The molecule has 1 unspecified atom stereocenters. The molecule has 0 aliphatic carbocycles. The zero-order chi connectivity index (χ0) is 12.8. The van der Waals surface area contributed by atoms with E-state index in [1.807, 2.05) is 23.5 Å². The number of hydrogen-bond acceptors (Lipinski definition) is 5. The Bertz CT molecular complexity index is 390. The van der Waals surface area contributed by atoms with Crippen LogP contribution >= 0.6 is 23.5 Å². The van der Waals surface area contributed by atoms with Crippen LogP contribution in [-0.2, 0) is 6.42 Å². The van der Waals surface area contributed by atoms with E-state index in [1.54, 1.807) is 0 Å². The first-order chi connectivity index (χ1) is 8.79. The highest BCUT2D eigenvalue weighted by molar-refractivity contribution is 8.06. The van der Waals surface area contributed by atoms with E-state index >= 15 is 0 Å². The van der Waals surface area contributed by atoms with Gasteiger partial charge < -0.3 is 5.32 Å². The van der Waals surface area contributed by atoms with Gasteiger partial charge >= 0.3 is 0 Å². The summed E-state index contributed by atoms with van der Waals surface area (Å²) in [6, 6.07) is 0. The van der Waals surface area contributed by atoms with Crippen molar-refractivity contribution in [2.45, 2.75) is 25.0 Å². The zero-order valence-electron chi connectivity index (χ0n) is 10.4. The molecule has 1 aromatic rings. The van der Waals surface area contributed by atoms with Gasteiger partial charge in [-0.05, 0) is 6.42 Å². The number of nitrogens with one attached hydrogen (secondary N) is 2. The van der Waals surface area contributed by atoms with Gasteiger partial charge in [0.05, 0.1) is 0 Å². The summed E-state index contributed by atoms with van der Waals surface area (Å²) in [5.41, 5.74) is 0. The third kappa shape index (κ3) is 3.91. The lowest BCUT2D eigenvalue weighted by molar-refractivity contribution is 0.0944. The Hall–Kier alpha value is -0.690. The fraction of sp³-hybridized carbons (Fsp3) is 0.727. The van der Waals surface area contributed by atoms with Crippen LogP contribution in [-0.4, -0.2) is 50.1 Å². The summed E-state index contributed by atoms with van der Waals surface area (Å²) in [6.07, 6.45) is 1.82. The number of nitrogens with zero attached hydrogens (tertiary/aromatic N) is 2. The van der Waals surface area contributed by atoms with Crippen molar-refractivity contribution in [1.82, 2.24) is 20.5 Å². The standard InChI is InChI=1S/C11H18N4OS2/c1-2-3-9-13-10(15-14-9)11(16)12-6-8-7-17-4-5-18-8/h8H,2-7H2,1H3,(H,12,16)(H,13,14,15). The van der Waals surface area contributed by atoms with Gasteiger partial charge in [0.2, 0.25) is 5.82 Å². The predicted octanol–water partition coefficient (Wildman–Crippen LogP) is 1.34. The first-order valence-electron chi connectivity index (χ1n) is 6.18. The molecule has 5 nitrogen and oxygen atoms in total. The monoisotopic (exact) mass is 286 g/mol. The minimum Gasteiger partial charge on any atom is -0.348 e. The molecule has 1 atom stereocenters. The van der Waals surface area contributed by atoms with Gasteiger partial charge in [-0.2, -0.15) is 23.5 Å². The minimum absolute atomic E-state index is 0.176. The van der Waals surface area contributed by atoms with E-state index in [0.717, 1.165) is 24.4 Å². The van der Waals surface area contributed by atoms with Crippen molar-refractivity contribution in [3.63, 3.8) is 0 Å². The maximum atomic E-state index is 11.8. The number of rotatable bonds is 5. The molecule has 7 heteroatoms. The Morgan fingerprint density at radius 3 is 3.17 bits per heavy atom. The van der Waals surface area contributed by atoms with Crippen molar-refractivity contribution in [1.29, 1.82) is 0 Å². The Morgan fingerprint density at radius 2 is 2.44 bits per heavy atom.